The van der Waals surface area contributed by atoms with Gasteiger partial charge in [-0.3, -0.25) is 4.79 Å². The van der Waals surface area contributed by atoms with Crippen LogP contribution in [-0.4, -0.2) is 23.2 Å². The first-order chi connectivity index (χ1) is 14.2. The van der Waals surface area contributed by atoms with Crippen LogP contribution in [0.15, 0.2) is 34.9 Å². The van der Waals surface area contributed by atoms with Crippen LogP contribution < -0.4 is 10.1 Å². The summed E-state index contributed by atoms with van der Waals surface area (Å²) in [4.78, 5) is 13.0. The van der Waals surface area contributed by atoms with Crippen molar-refractivity contribution >= 4 is 5.91 Å². The van der Waals surface area contributed by atoms with E-state index in [4.69, 9.17) is 9.26 Å². The number of benzene rings is 1. The molecule has 5 heteroatoms. The largest absolute Gasteiger partial charge is 0.493 e. The summed E-state index contributed by atoms with van der Waals surface area (Å²) in [7, 11) is 0. The van der Waals surface area contributed by atoms with Gasteiger partial charge in [0, 0.05) is 11.6 Å². The van der Waals surface area contributed by atoms with Crippen LogP contribution in [0.5, 0.6) is 5.75 Å². The molecule has 4 bridgehead atoms. The molecule has 1 aromatic heterocycles. The highest BCUT2D eigenvalue weighted by Crippen LogP contribution is 2.60. The number of nitrogens with zero attached hydrogens (tertiary/aromatic N) is 1. The van der Waals surface area contributed by atoms with E-state index in [1.165, 1.54) is 19.3 Å². The SMILES string of the molecule is CCCCCOc1ccccc1-c1cc(C(=O)NC23CC4CC(CC2C4)C3)no1. The first kappa shape index (κ1) is 18.7. The van der Waals surface area contributed by atoms with Gasteiger partial charge in [0.2, 0.25) is 0 Å². The maximum absolute atomic E-state index is 13.0. The van der Waals surface area contributed by atoms with E-state index in [2.05, 4.69) is 17.4 Å². The van der Waals surface area contributed by atoms with Gasteiger partial charge in [0.05, 0.1) is 12.2 Å². The molecule has 0 radical (unpaired) electrons. The van der Waals surface area contributed by atoms with Crippen LogP contribution in [0.1, 0.15) is 68.8 Å². The summed E-state index contributed by atoms with van der Waals surface area (Å²) in [5, 5.41) is 7.45. The third kappa shape index (κ3) is 3.45. The minimum Gasteiger partial charge on any atom is -0.493 e. The Bertz CT molecular complexity index is 876. The van der Waals surface area contributed by atoms with Gasteiger partial charge in [0.15, 0.2) is 11.5 Å². The molecule has 1 heterocycles. The molecule has 2 atom stereocenters. The van der Waals surface area contributed by atoms with Crippen LogP contribution in [0.3, 0.4) is 0 Å². The number of hydrogen-bond donors (Lipinski definition) is 1. The molecule has 5 nitrogen and oxygen atoms in total. The topological polar surface area (TPSA) is 64.4 Å². The fourth-order valence-electron chi connectivity index (χ4n) is 6.13. The second-order valence-corrected chi connectivity index (χ2v) is 9.28. The van der Waals surface area contributed by atoms with Crippen molar-refractivity contribution in [1.29, 1.82) is 0 Å². The summed E-state index contributed by atoms with van der Waals surface area (Å²) in [6.07, 6.45) is 9.54. The zero-order chi connectivity index (χ0) is 19.8. The van der Waals surface area contributed by atoms with Crippen molar-refractivity contribution in [2.45, 2.75) is 63.8 Å². The van der Waals surface area contributed by atoms with E-state index >= 15 is 0 Å². The maximum atomic E-state index is 13.0. The Kier molecular flexibility index (Phi) is 4.84. The quantitative estimate of drug-likeness (QED) is 0.624. The van der Waals surface area contributed by atoms with E-state index in [0.29, 0.717) is 24.0 Å². The van der Waals surface area contributed by atoms with E-state index in [-0.39, 0.29) is 11.4 Å². The number of carbonyl (C=O) groups excluding carboxylic acids is 1. The smallest absolute Gasteiger partial charge is 0.273 e. The summed E-state index contributed by atoms with van der Waals surface area (Å²) in [6.45, 7) is 2.86. The molecule has 2 aromatic rings. The van der Waals surface area contributed by atoms with Crippen LogP contribution in [-0.2, 0) is 0 Å². The van der Waals surface area contributed by atoms with E-state index in [0.717, 1.165) is 55.3 Å². The molecule has 0 saturated heterocycles. The Morgan fingerprint density at radius 3 is 2.79 bits per heavy atom. The maximum Gasteiger partial charge on any atom is 0.273 e. The fraction of sp³-hybridized carbons (Fsp3) is 0.583. The Morgan fingerprint density at radius 2 is 2.00 bits per heavy atom. The Labute approximate surface area is 172 Å². The van der Waals surface area contributed by atoms with Gasteiger partial charge in [0.25, 0.3) is 5.91 Å². The standard InChI is InChI=1S/C24H30N2O3/c1-2-3-6-9-28-21-8-5-4-7-19(21)22-13-20(26-29-22)23(27)25-24-14-16-10-17(15-24)12-18(24)11-16/h4-5,7-8,13,16-18H,2-3,6,9-12,14-15H2,1H3,(H,25,27). The van der Waals surface area contributed by atoms with Crippen LogP contribution in [0.25, 0.3) is 11.3 Å². The molecule has 0 aliphatic heterocycles. The van der Waals surface area contributed by atoms with Gasteiger partial charge in [-0.15, -0.1) is 0 Å². The van der Waals surface area contributed by atoms with E-state index in [1.807, 2.05) is 24.3 Å². The lowest BCUT2D eigenvalue weighted by molar-refractivity contribution is 0.0865. The van der Waals surface area contributed by atoms with Crippen molar-refractivity contribution in [1.82, 2.24) is 10.5 Å². The lowest BCUT2D eigenvalue weighted by Gasteiger charge is -2.33. The number of unbranched alkanes of at least 4 members (excludes halogenated alkanes) is 2. The molecule has 0 spiro atoms. The first-order valence-corrected chi connectivity index (χ1v) is 11.2. The number of nitrogens with one attached hydrogen (secondary N) is 1. The molecule has 29 heavy (non-hydrogen) atoms. The summed E-state index contributed by atoms with van der Waals surface area (Å²) in [5.41, 5.74) is 1.21. The monoisotopic (exact) mass is 394 g/mol. The van der Waals surface area contributed by atoms with Gasteiger partial charge in [-0.1, -0.05) is 37.1 Å². The van der Waals surface area contributed by atoms with E-state index < -0.39 is 0 Å². The average molecular weight is 395 g/mol. The third-order valence-corrected chi connectivity index (χ3v) is 7.25. The molecule has 4 aliphatic rings. The lowest BCUT2D eigenvalue weighted by atomic mass is 9.80. The van der Waals surface area contributed by atoms with Gasteiger partial charge < -0.3 is 14.6 Å². The average Bonchev–Trinajstić information content (AvgIpc) is 3.35. The van der Waals surface area contributed by atoms with E-state index in [9.17, 15) is 4.79 Å². The number of rotatable bonds is 8. The molecule has 4 fully saturated rings. The van der Waals surface area contributed by atoms with Crippen LogP contribution in [0.2, 0.25) is 0 Å². The number of ether oxygens (including phenoxy) is 1. The van der Waals surface area contributed by atoms with Crippen molar-refractivity contribution in [2.75, 3.05) is 6.61 Å². The zero-order valence-electron chi connectivity index (χ0n) is 17.2. The molecule has 1 aromatic carbocycles. The first-order valence-electron chi connectivity index (χ1n) is 11.2. The second-order valence-electron chi connectivity index (χ2n) is 9.28. The fourth-order valence-corrected chi connectivity index (χ4v) is 6.13. The van der Waals surface area contributed by atoms with Gasteiger partial charge in [-0.25, -0.2) is 0 Å². The number of para-hydroxylation sites is 1. The minimum absolute atomic E-state index is 0.00404. The Balaban J connectivity index is 1.29. The second kappa shape index (κ2) is 7.51. The van der Waals surface area contributed by atoms with Crippen molar-refractivity contribution in [2.24, 2.45) is 17.8 Å². The zero-order valence-corrected chi connectivity index (χ0v) is 17.2. The predicted octanol–water partition coefficient (Wildman–Crippen LogP) is 5.22. The highest BCUT2D eigenvalue weighted by molar-refractivity contribution is 5.94. The van der Waals surface area contributed by atoms with Gasteiger partial charge >= 0.3 is 0 Å². The van der Waals surface area contributed by atoms with Crippen LogP contribution in [0, 0.1) is 17.8 Å². The molecule has 2 unspecified atom stereocenters. The van der Waals surface area contributed by atoms with Crippen molar-refractivity contribution in [3.05, 3.63) is 36.0 Å². The highest BCUT2D eigenvalue weighted by atomic mass is 16.5. The van der Waals surface area contributed by atoms with Gasteiger partial charge in [0.1, 0.15) is 5.75 Å². The van der Waals surface area contributed by atoms with Gasteiger partial charge in [-0.2, -0.15) is 0 Å². The third-order valence-electron chi connectivity index (χ3n) is 7.25. The normalized spacial score (nSPS) is 29.3. The predicted molar refractivity (Wildman–Crippen MR) is 111 cm³/mol. The molecule has 1 N–H and O–H groups in total. The molecule has 1 amide bonds. The summed E-state index contributed by atoms with van der Waals surface area (Å²) in [5.74, 6) is 3.51. The highest BCUT2D eigenvalue weighted by Gasteiger charge is 2.58. The Hall–Kier alpha value is -2.30. The molecule has 6 rings (SSSR count). The number of hydrogen-bond acceptors (Lipinski definition) is 4. The van der Waals surface area contributed by atoms with Crippen molar-refractivity contribution in [3.63, 3.8) is 0 Å². The molecular formula is C24H30N2O3. The number of aromatic nitrogens is 1. The van der Waals surface area contributed by atoms with Crippen molar-refractivity contribution in [3.8, 4) is 17.1 Å². The van der Waals surface area contributed by atoms with E-state index in [1.54, 1.807) is 6.07 Å². The van der Waals surface area contributed by atoms with Crippen LogP contribution >= 0.6 is 0 Å². The number of amides is 1. The van der Waals surface area contributed by atoms with Gasteiger partial charge in [-0.05, 0) is 68.4 Å². The van der Waals surface area contributed by atoms with Crippen molar-refractivity contribution < 1.29 is 14.1 Å². The summed E-state index contributed by atoms with van der Waals surface area (Å²) >= 11 is 0. The molecule has 4 aliphatic carbocycles. The Morgan fingerprint density at radius 1 is 1.21 bits per heavy atom. The minimum atomic E-state index is -0.102. The summed E-state index contributed by atoms with van der Waals surface area (Å²) < 4.78 is 11.5. The van der Waals surface area contributed by atoms with Crippen LogP contribution in [0.4, 0.5) is 0 Å². The number of carbonyl (C=O) groups is 1. The lowest BCUT2D eigenvalue weighted by Crippen LogP contribution is -2.49. The summed E-state index contributed by atoms with van der Waals surface area (Å²) in [6, 6.07) is 9.54. The molecule has 4 saturated carbocycles. The molecule has 154 valence electrons. The molecular weight excluding hydrogens is 364 g/mol.